The lowest BCUT2D eigenvalue weighted by molar-refractivity contribution is 0.298. The van der Waals surface area contributed by atoms with E-state index in [4.69, 9.17) is 4.74 Å². The Morgan fingerprint density at radius 3 is 3.10 bits per heavy atom. The molecule has 1 aliphatic rings. The Kier molecular flexibility index (Phi) is 4.20. The van der Waals surface area contributed by atoms with Gasteiger partial charge in [0.1, 0.15) is 18.1 Å². The minimum atomic E-state index is 0.470. The van der Waals surface area contributed by atoms with E-state index in [1.54, 1.807) is 4.68 Å². The van der Waals surface area contributed by atoms with Gasteiger partial charge in [-0.05, 0) is 43.0 Å². The van der Waals surface area contributed by atoms with Crippen LogP contribution in [0.25, 0.3) is 0 Å². The van der Waals surface area contributed by atoms with Crippen molar-refractivity contribution in [3.05, 3.63) is 41.2 Å². The maximum atomic E-state index is 5.96. The van der Waals surface area contributed by atoms with Crippen molar-refractivity contribution >= 4 is 0 Å². The fourth-order valence-corrected chi connectivity index (χ4v) is 2.90. The van der Waals surface area contributed by atoms with Crippen LogP contribution >= 0.6 is 0 Å². The molecule has 1 atom stereocenters. The van der Waals surface area contributed by atoms with Gasteiger partial charge in [0.25, 0.3) is 0 Å². The number of hydrogen-bond donors (Lipinski definition) is 1. The molecule has 1 aromatic carbocycles. The normalized spacial score (nSPS) is 17.0. The number of aromatic nitrogens is 3. The molecule has 0 amide bonds. The molecule has 0 saturated heterocycles. The lowest BCUT2D eigenvalue weighted by Gasteiger charge is -2.14. The highest BCUT2D eigenvalue weighted by molar-refractivity contribution is 5.45. The van der Waals surface area contributed by atoms with E-state index in [2.05, 4.69) is 40.8 Å². The minimum Gasteiger partial charge on any atom is -0.487 e. The Morgan fingerprint density at radius 2 is 2.33 bits per heavy atom. The Labute approximate surface area is 125 Å². The van der Waals surface area contributed by atoms with Crippen molar-refractivity contribution < 1.29 is 4.74 Å². The summed E-state index contributed by atoms with van der Waals surface area (Å²) in [6, 6.07) is 6.82. The maximum Gasteiger partial charge on any atom is 0.134 e. The average molecular weight is 286 g/mol. The number of fused-ring (bicyclic) bond motifs is 1. The van der Waals surface area contributed by atoms with E-state index in [0.29, 0.717) is 12.6 Å². The number of nitrogens with zero attached hydrogens (tertiary/aromatic N) is 3. The van der Waals surface area contributed by atoms with Crippen LogP contribution in [0.15, 0.2) is 24.4 Å². The van der Waals surface area contributed by atoms with E-state index in [0.717, 1.165) is 37.3 Å². The smallest absolute Gasteiger partial charge is 0.134 e. The minimum absolute atomic E-state index is 0.470. The van der Waals surface area contributed by atoms with Crippen molar-refractivity contribution in [3.63, 3.8) is 0 Å². The van der Waals surface area contributed by atoms with E-state index in [-0.39, 0.29) is 0 Å². The molecule has 5 heteroatoms. The first-order valence-electron chi connectivity index (χ1n) is 7.61. The number of hydrogen-bond acceptors (Lipinski definition) is 4. The third-order valence-corrected chi connectivity index (χ3v) is 3.89. The summed E-state index contributed by atoms with van der Waals surface area (Å²) >= 11 is 0. The van der Waals surface area contributed by atoms with Gasteiger partial charge in [0.05, 0.1) is 6.20 Å². The number of aryl methyl sites for hydroxylation is 1. The van der Waals surface area contributed by atoms with Gasteiger partial charge in [0, 0.05) is 13.1 Å². The summed E-state index contributed by atoms with van der Waals surface area (Å²) < 4.78 is 7.65. The first-order valence-corrected chi connectivity index (χ1v) is 7.61. The van der Waals surface area contributed by atoms with Gasteiger partial charge in [-0.2, -0.15) is 0 Å². The highest BCUT2D eigenvalue weighted by atomic mass is 16.5. The van der Waals surface area contributed by atoms with Crippen molar-refractivity contribution in [1.29, 1.82) is 0 Å². The zero-order chi connectivity index (χ0) is 14.7. The van der Waals surface area contributed by atoms with E-state index in [9.17, 15) is 0 Å². The molecule has 5 nitrogen and oxygen atoms in total. The highest BCUT2D eigenvalue weighted by Crippen LogP contribution is 2.37. The van der Waals surface area contributed by atoms with Crippen LogP contribution < -0.4 is 10.1 Å². The van der Waals surface area contributed by atoms with Crippen molar-refractivity contribution in [2.24, 2.45) is 7.05 Å². The SMILES string of the molecule is CCCNC1CCc2c(OCc3cn(C)nn3)cccc21. The molecule has 0 radical (unpaired) electrons. The third-order valence-electron chi connectivity index (χ3n) is 3.89. The largest absolute Gasteiger partial charge is 0.487 e. The van der Waals surface area contributed by atoms with Crippen LogP contribution in [0.3, 0.4) is 0 Å². The van der Waals surface area contributed by atoms with Crippen LogP contribution in [0.4, 0.5) is 0 Å². The summed E-state index contributed by atoms with van der Waals surface area (Å²) in [6.07, 6.45) is 5.28. The molecule has 0 saturated carbocycles. The number of nitrogens with one attached hydrogen (secondary N) is 1. The number of rotatable bonds is 6. The zero-order valence-corrected chi connectivity index (χ0v) is 12.7. The molecule has 1 heterocycles. The summed E-state index contributed by atoms with van der Waals surface area (Å²) in [7, 11) is 1.86. The van der Waals surface area contributed by atoms with Gasteiger partial charge < -0.3 is 10.1 Å². The Balaban J connectivity index is 1.71. The first kappa shape index (κ1) is 14.1. The van der Waals surface area contributed by atoms with Gasteiger partial charge in [-0.15, -0.1) is 5.10 Å². The van der Waals surface area contributed by atoms with E-state index in [1.807, 2.05) is 13.2 Å². The molecule has 2 aromatic rings. The van der Waals surface area contributed by atoms with Gasteiger partial charge in [-0.1, -0.05) is 24.3 Å². The van der Waals surface area contributed by atoms with Crippen LogP contribution in [0, 0.1) is 0 Å². The van der Waals surface area contributed by atoms with Crippen LogP contribution in [0.2, 0.25) is 0 Å². The Hall–Kier alpha value is -1.88. The number of ether oxygens (including phenoxy) is 1. The molecule has 112 valence electrons. The molecule has 1 N–H and O–H groups in total. The molecule has 21 heavy (non-hydrogen) atoms. The molecule has 1 aromatic heterocycles. The first-order chi connectivity index (χ1) is 10.3. The second-order valence-electron chi connectivity index (χ2n) is 5.54. The molecular formula is C16H22N4O. The standard InChI is InChI=1S/C16H22N4O/c1-3-9-17-15-8-7-14-13(15)5-4-6-16(14)21-11-12-10-20(2)19-18-12/h4-6,10,15,17H,3,7-9,11H2,1-2H3. The Morgan fingerprint density at radius 1 is 1.43 bits per heavy atom. The number of benzene rings is 1. The third kappa shape index (κ3) is 3.08. The van der Waals surface area contributed by atoms with Crippen molar-refractivity contribution in [3.8, 4) is 5.75 Å². The quantitative estimate of drug-likeness (QED) is 0.886. The summed E-state index contributed by atoms with van der Waals surface area (Å²) in [5, 5.41) is 11.6. The van der Waals surface area contributed by atoms with Crippen LogP contribution in [0.1, 0.15) is 42.6 Å². The zero-order valence-electron chi connectivity index (χ0n) is 12.7. The molecule has 1 aliphatic carbocycles. The molecule has 0 fully saturated rings. The molecular weight excluding hydrogens is 264 g/mol. The summed E-state index contributed by atoms with van der Waals surface area (Å²) in [4.78, 5) is 0. The highest BCUT2D eigenvalue weighted by Gasteiger charge is 2.24. The van der Waals surface area contributed by atoms with Gasteiger partial charge in [0.2, 0.25) is 0 Å². The molecule has 0 aliphatic heterocycles. The summed E-state index contributed by atoms with van der Waals surface area (Å²) in [5.41, 5.74) is 3.59. The molecule has 3 rings (SSSR count). The van der Waals surface area contributed by atoms with Crippen LogP contribution in [-0.2, 0) is 20.1 Å². The molecule has 0 spiro atoms. The average Bonchev–Trinajstić information content (AvgIpc) is 3.09. The van der Waals surface area contributed by atoms with Gasteiger partial charge in [-0.25, -0.2) is 0 Å². The van der Waals surface area contributed by atoms with Gasteiger partial charge in [-0.3, -0.25) is 4.68 Å². The van der Waals surface area contributed by atoms with Crippen molar-refractivity contribution in [1.82, 2.24) is 20.3 Å². The van der Waals surface area contributed by atoms with Crippen LogP contribution in [0.5, 0.6) is 5.75 Å². The monoisotopic (exact) mass is 286 g/mol. The molecule has 0 bridgehead atoms. The van der Waals surface area contributed by atoms with E-state index >= 15 is 0 Å². The maximum absolute atomic E-state index is 5.96. The summed E-state index contributed by atoms with van der Waals surface area (Å²) in [6.45, 7) is 3.73. The predicted molar refractivity (Wildman–Crippen MR) is 81.1 cm³/mol. The fourth-order valence-electron chi connectivity index (χ4n) is 2.90. The lowest BCUT2D eigenvalue weighted by atomic mass is 10.1. The topological polar surface area (TPSA) is 52.0 Å². The fraction of sp³-hybridized carbons (Fsp3) is 0.500. The lowest BCUT2D eigenvalue weighted by Crippen LogP contribution is -2.19. The second-order valence-corrected chi connectivity index (χ2v) is 5.54. The van der Waals surface area contributed by atoms with E-state index in [1.165, 1.54) is 11.1 Å². The van der Waals surface area contributed by atoms with E-state index < -0.39 is 0 Å². The predicted octanol–water partition coefficient (Wildman–Crippen LogP) is 2.38. The van der Waals surface area contributed by atoms with Gasteiger partial charge in [0.15, 0.2) is 0 Å². The van der Waals surface area contributed by atoms with Crippen LogP contribution in [-0.4, -0.2) is 21.5 Å². The second kappa shape index (κ2) is 6.26. The summed E-state index contributed by atoms with van der Waals surface area (Å²) in [5.74, 6) is 0.985. The van der Waals surface area contributed by atoms with Crippen molar-refractivity contribution in [2.75, 3.05) is 6.54 Å². The van der Waals surface area contributed by atoms with Gasteiger partial charge >= 0.3 is 0 Å². The Bertz CT molecular complexity index is 608. The van der Waals surface area contributed by atoms with Crippen molar-refractivity contribution in [2.45, 2.75) is 38.8 Å². The molecule has 1 unspecified atom stereocenters.